The van der Waals surface area contributed by atoms with Gasteiger partial charge in [-0.3, -0.25) is 9.63 Å². The molecule has 0 unspecified atom stereocenters. The Morgan fingerprint density at radius 3 is 2.76 bits per heavy atom. The van der Waals surface area contributed by atoms with E-state index in [0.29, 0.717) is 12.5 Å². The maximum Gasteiger partial charge on any atom is 0.275 e. The predicted molar refractivity (Wildman–Crippen MR) is 77.4 cm³/mol. The Morgan fingerprint density at radius 2 is 2.05 bits per heavy atom. The van der Waals surface area contributed by atoms with Crippen molar-refractivity contribution in [3.63, 3.8) is 0 Å². The molecule has 4 rings (SSSR count). The van der Waals surface area contributed by atoms with Gasteiger partial charge >= 0.3 is 0 Å². The molecular formula is C16H26N2O3. The van der Waals surface area contributed by atoms with E-state index in [2.05, 4.69) is 4.90 Å². The number of amides is 1. The molecule has 0 spiro atoms. The maximum atomic E-state index is 12.4. The second-order valence-corrected chi connectivity index (χ2v) is 7.13. The van der Waals surface area contributed by atoms with E-state index in [1.807, 2.05) is 0 Å². The normalized spacial score (nSPS) is 37.5. The number of carbonyl (C=O) groups excluding carboxylic acids is 1. The predicted octanol–water partition coefficient (Wildman–Crippen LogP) is 1.43. The van der Waals surface area contributed by atoms with E-state index in [1.54, 1.807) is 0 Å². The summed E-state index contributed by atoms with van der Waals surface area (Å²) in [4.78, 5) is 20.3. The lowest BCUT2D eigenvalue weighted by atomic mass is 9.84. The zero-order valence-corrected chi connectivity index (χ0v) is 12.7. The van der Waals surface area contributed by atoms with E-state index < -0.39 is 0 Å². The molecule has 0 aromatic rings. The Bertz CT molecular complexity index is 393. The minimum absolute atomic E-state index is 0.0486. The van der Waals surface area contributed by atoms with E-state index in [4.69, 9.17) is 9.57 Å². The molecule has 0 radical (unpaired) electrons. The van der Waals surface area contributed by atoms with Crippen LogP contribution in [0.3, 0.4) is 0 Å². The van der Waals surface area contributed by atoms with Crippen molar-refractivity contribution in [1.82, 2.24) is 9.96 Å². The molecule has 4 fully saturated rings. The molecular weight excluding hydrogens is 268 g/mol. The lowest BCUT2D eigenvalue weighted by Crippen LogP contribution is -2.45. The highest BCUT2D eigenvalue weighted by molar-refractivity contribution is 5.80. The molecule has 3 aliphatic heterocycles. The summed E-state index contributed by atoms with van der Waals surface area (Å²) < 4.78 is 6.09. The first-order valence-corrected chi connectivity index (χ1v) is 8.62. The van der Waals surface area contributed by atoms with Gasteiger partial charge in [-0.1, -0.05) is 6.42 Å². The monoisotopic (exact) mass is 294 g/mol. The number of nitrogens with zero attached hydrogens (tertiary/aromatic N) is 2. The number of likely N-dealkylation sites (tertiary alicyclic amines) is 1. The molecule has 5 heteroatoms. The first-order valence-electron chi connectivity index (χ1n) is 8.62. The fourth-order valence-corrected chi connectivity index (χ4v) is 4.14. The summed E-state index contributed by atoms with van der Waals surface area (Å²) in [5.41, 5.74) is 0. The molecule has 21 heavy (non-hydrogen) atoms. The number of ether oxygens (including phenoxy) is 1. The van der Waals surface area contributed by atoms with Crippen molar-refractivity contribution in [2.75, 3.05) is 32.8 Å². The van der Waals surface area contributed by atoms with Crippen LogP contribution in [0, 0.1) is 11.8 Å². The molecule has 5 nitrogen and oxygen atoms in total. The van der Waals surface area contributed by atoms with Crippen LogP contribution in [0.2, 0.25) is 0 Å². The SMILES string of the molecule is O=C([C@@H]1C[C@@H]2CCN(CC3CCC3)C[C@H]2O1)N1CCCO1. The summed E-state index contributed by atoms with van der Waals surface area (Å²) in [6.07, 6.45) is 7.23. The fraction of sp³-hybridized carbons (Fsp3) is 0.938. The van der Waals surface area contributed by atoms with Crippen LogP contribution in [0.15, 0.2) is 0 Å². The number of rotatable bonds is 3. The first kappa shape index (κ1) is 14.0. The van der Waals surface area contributed by atoms with Gasteiger partial charge in [0.1, 0.15) is 6.10 Å². The third kappa shape index (κ3) is 2.83. The van der Waals surface area contributed by atoms with Gasteiger partial charge in [0.05, 0.1) is 19.3 Å². The third-order valence-corrected chi connectivity index (χ3v) is 5.65. The van der Waals surface area contributed by atoms with Crippen molar-refractivity contribution >= 4 is 5.91 Å². The average molecular weight is 294 g/mol. The Labute approximate surface area is 126 Å². The van der Waals surface area contributed by atoms with Gasteiger partial charge in [0.15, 0.2) is 0 Å². The summed E-state index contributed by atoms with van der Waals surface area (Å²) in [5.74, 6) is 1.53. The fourth-order valence-electron chi connectivity index (χ4n) is 4.14. The first-order chi connectivity index (χ1) is 10.3. The van der Waals surface area contributed by atoms with Crippen LogP contribution in [0.4, 0.5) is 0 Å². The zero-order chi connectivity index (χ0) is 14.2. The zero-order valence-electron chi connectivity index (χ0n) is 12.7. The van der Waals surface area contributed by atoms with Crippen molar-refractivity contribution in [1.29, 1.82) is 0 Å². The number of hydrogen-bond donors (Lipinski definition) is 0. The van der Waals surface area contributed by atoms with Crippen molar-refractivity contribution < 1.29 is 14.4 Å². The van der Waals surface area contributed by atoms with Gasteiger partial charge in [0, 0.05) is 13.1 Å². The van der Waals surface area contributed by atoms with Crippen LogP contribution < -0.4 is 0 Å². The highest BCUT2D eigenvalue weighted by atomic mass is 16.7. The highest BCUT2D eigenvalue weighted by Gasteiger charge is 2.44. The second-order valence-electron chi connectivity index (χ2n) is 7.13. The molecule has 4 aliphatic rings. The minimum Gasteiger partial charge on any atom is -0.363 e. The van der Waals surface area contributed by atoms with Crippen molar-refractivity contribution in [3.8, 4) is 0 Å². The van der Waals surface area contributed by atoms with Crippen LogP contribution >= 0.6 is 0 Å². The Balaban J connectivity index is 1.31. The van der Waals surface area contributed by atoms with E-state index >= 15 is 0 Å². The highest BCUT2D eigenvalue weighted by Crippen LogP contribution is 2.36. The topological polar surface area (TPSA) is 42.0 Å². The molecule has 0 aromatic heterocycles. The molecule has 0 N–H and O–H groups in total. The molecule has 0 aromatic carbocycles. The molecule has 1 aliphatic carbocycles. The number of hydroxylamine groups is 2. The Hall–Kier alpha value is -0.650. The number of carbonyl (C=O) groups is 1. The molecule has 1 saturated carbocycles. The summed E-state index contributed by atoms with van der Waals surface area (Å²) in [6.45, 7) is 4.83. The number of hydrogen-bond acceptors (Lipinski definition) is 4. The van der Waals surface area contributed by atoms with Gasteiger partial charge in [-0.15, -0.1) is 0 Å². The van der Waals surface area contributed by atoms with E-state index in [1.165, 1.54) is 43.8 Å². The summed E-state index contributed by atoms with van der Waals surface area (Å²) >= 11 is 0. The van der Waals surface area contributed by atoms with Gasteiger partial charge in [-0.25, -0.2) is 5.06 Å². The maximum absolute atomic E-state index is 12.4. The van der Waals surface area contributed by atoms with Crippen LogP contribution in [0.5, 0.6) is 0 Å². The minimum atomic E-state index is -0.262. The standard InChI is InChI=1S/C16H26N2O3/c19-16(18-6-2-8-20-18)14-9-13-5-7-17(11-15(13)21-14)10-12-3-1-4-12/h12-15H,1-11H2/t13-,14-,15+/m0/s1. The van der Waals surface area contributed by atoms with Gasteiger partial charge in [0.25, 0.3) is 5.91 Å². The van der Waals surface area contributed by atoms with E-state index in [-0.39, 0.29) is 18.1 Å². The van der Waals surface area contributed by atoms with Crippen molar-refractivity contribution in [3.05, 3.63) is 0 Å². The smallest absolute Gasteiger partial charge is 0.275 e. The largest absolute Gasteiger partial charge is 0.363 e. The Kier molecular flexibility index (Phi) is 3.90. The average Bonchev–Trinajstić information content (AvgIpc) is 3.10. The molecule has 3 atom stereocenters. The van der Waals surface area contributed by atoms with Crippen molar-refractivity contribution in [2.45, 2.75) is 50.7 Å². The quantitative estimate of drug-likeness (QED) is 0.790. The van der Waals surface area contributed by atoms with Gasteiger partial charge in [0.2, 0.25) is 0 Å². The van der Waals surface area contributed by atoms with Crippen LogP contribution in [0.1, 0.15) is 38.5 Å². The van der Waals surface area contributed by atoms with Gasteiger partial charge in [-0.2, -0.15) is 0 Å². The summed E-state index contributed by atoms with van der Waals surface area (Å²) in [7, 11) is 0. The van der Waals surface area contributed by atoms with Crippen LogP contribution in [-0.4, -0.2) is 60.9 Å². The molecule has 0 bridgehead atoms. The van der Waals surface area contributed by atoms with Gasteiger partial charge < -0.3 is 9.64 Å². The summed E-state index contributed by atoms with van der Waals surface area (Å²) in [6, 6.07) is 0. The van der Waals surface area contributed by atoms with Crippen LogP contribution in [-0.2, 0) is 14.4 Å². The summed E-state index contributed by atoms with van der Waals surface area (Å²) in [5, 5.41) is 1.52. The van der Waals surface area contributed by atoms with Crippen LogP contribution in [0.25, 0.3) is 0 Å². The number of piperidine rings is 1. The lowest BCUT2D eigenvalue weighted by Gasteiger charge is -2.38. The number of fused-ring (bicyclic) bond motifs is 1. The molecule has 118 valence electrons. The third-order valence-electron chi connectivity index (χ3n) is 5.65. The molecule has 3 heterocycles. The molecule has 3 saturated heterocycles. The second kappa shape index (κ2) is 5.86. The van der Waals surface area contributed by atoms with E-state index in [9.17, 15) is 4.79 Å². The lowest BCUT2D eigenvalue weighted by molar-refractivity contribution is -0.180. The van der Waals surface area contributed by atoms with Crippen molar-refractivity contribution in [2.24, 2.45) is 11.8 Å². The van der Waals surface area contributed by atoms with Gasteiger partial charge in [-0.05, 0) is 50.5 Å². The van der Waals surface area contributed by atoms with E-state index in [0.717, 1.165) is 31.8 Å². The molecule has 1 amide bonds. The Morgan fingerprint density at radius 1 is 1.14 bits per heavy atom.